The topological polar surface area (TPSA) is 128 Å². The van der Waals surface area contributed by atoms with Crippen LogP contribution >= 0.6 is 0 Å². The van der Waals surface area contributed by atoms with Crippen LogP contribution in [0.4, 0.5) is 4.79 Å². The van der Waals surface area contributed by atoms with Gasteiger partial charge in [-0.15, -0.1) is 0 Å². The van der Waals surface area contributed by atoms with Crippen LogP contribution in [0.25, 0.3) is 11.1 Å². The molecule has 0 aromatic heterocycles. The standard InChI is InChI=1S/C30H32N2O6/c1-30(2,3)38-28(35)26(31)19-10-8-9-18(15-19)16-25(27(33)34)32-29(36)37-17-24-22-13-6-4-11-20(22)21-12-5-7-14-23(21)24/h4-15,24-26H,16-17,31H2,1-3H3,(H,32,36)(H,33,34). The molecule has 0 bridgehead atoms. The van der Waals surface area contributed by atoms with E-state index in [0.717, 1.165) is 22.3 Å². The van der Waals surface area contributed by atoms with E-state index < -0.39 is 35.7 Å². The summed E-state index contributed by atoms with van der Waals surface area (Å²) in [4.78, 5) is 37.0. The van der Waals surface area contributed by atoms with Crippen molar-refractivity contribution in [2.24, 2.45) is 5.73 Å². The summed E-state index contributed by atoms with van der Waals surface area (Å²) in [7, 11) is 0. The zero-order valence-corrected chi connectivity index (χ0v) is 21.6. The second-order valence-corrected chi connectivity index (χ2v) is 10.3. The van der Waals surface area contributed by atoms with Crippen LogP contribution in [0.1, 0.15) is 55.0 Å². The molecule has 0 radical (unpaired) electrons. The molecule has 8 nitrogen and oxygen atoms in total. The largest absolute Gasteiger partial charge is 0.480 e. The summed E-state index contributed by atoms with van der Waals surface area (Å²) in [6.45, 7) is 5.33. The molecule has 1 aliphatic carbocycles. The van der Waals surface area contributed by atoms with Crippen molar-refractivity contribution in [3.8, 4) is 11.1 Å². The molecule has 1 aliphatic rings. The number of nitrogens with one attached hydrogen (secondary N) is 1. The van der Waals surface area contributed by atoms with Crippen LogP contribution in [0.5, 0.6) is 0 Å². The zero-order valence-electron chi connectivity index (χ0n) is 21.6. The van der Waals surface area contributed by atoms with E-state index in [1.807, 2.05) is 48.5 Å². The Morgan fingerprint density at radius 1 is 0.947 bits per heavy atom. The lowest BCUT2D eigenvalue weighted by Crippen LogP contribution is -2.43. The monoisotopic (exact) mass is 516 g/mol. The molecule has 1 amide bonds. The summed E-state index contributed by atoms with van der Waals surface area (Å²) in [6, 6.07) is 20.4. The minimum Gasteiger partial charge on any atom is -0.480 e. The van der Waals surface area contributed by atoms with E-state index in [2.05, 4.69) is 5.32 Å². The second-order valence-electron chi connectivity index (χ2n) is 10.3. The van der Waals surface area contributed by atoms with Crippen molar-refractivity contribution in [1.82, 2.24) is 5.32 Å². The van der Waals surface area contributed by atoms with Crippen molar-refractivity contribution in [3.63, 3.8) is 0 Å². The van der Waals surface area contributed by atoms with Gasteiger partial charge in [0, 0.05) is 12.3 Å². The number of aliphatic carboxylic acids is 1. The summed E-state index contributed by atoms with van der Waals surface area (Å²) < 4.78 is 10.9. The van der Waals surface area contributed by atoms with Gasteiger partial charge in [0.15, 0.2) is 0 Å². The molecule has 2 unspecified atom stereocenters. The normalized spacial score (nSPS) is 14.1. The lowest BCUT2D eigenvalue weighted by atomic mass is 9.98. The summed E-state index contributed by atoms with van der Waals surface area (Å²) in [5, 5.41) is 12.2. The highest BCUT2D eigenvalue weighted by molar-refractivity contribution is 5.81. The highest BCUT2D eigenvalue weighted by Crippen LogP contribution is 2.44. The molecule has 8 heteroatoms. The number of alkyl carbamates (subject to hydrolysis) is 1. The number of carbonyl (C=O) groups excluding carboxylic acids is 2. The predicted molar refractivity (Wildman–Crippen MR) is 143 cm³/mol. The van der Waals surface area contributed by atoms with Gasteiger partial charge in [-0.05, 0) is 54.2 Å². The molecule has 2 atom stereocenters. The number of ether oxygens (including phenoxy) is 2. The summed E-state index contributed by atoms with van der Waals surface area (Å²) in [6.07, 6.45) is -0.838. The maximum absolute atomic E-state index is 12.6. The van der Waals surface area contributed by atoms with Gasteiger partial charge in [0.2, 0.25) is 0 Å². The first-order valence-electron chi connectivity index (χ1n) is 12.4. The van der Waals surface area contributed by atoms with Gasteiger partial charge in [0.25, 0.3) is 0 Å². The average molecular weight is 517 g/mol. The number of fused-ring (bicyclic) bond motifs is 3. The molecule has 0 aliphatic heterocycles. The number of esters is 1. The van der Waals surface area contributed by atoms with Gasteiger partial charge in [0.05, 0.1) is 0 Å². The van der Waals surface area contributed by atoms with Crippen LogP contribution in [0.3, 0.4) is 0 Å². The molecular weight excluding hydrogens is 484 g/mol. The highest BCUT2D eigenvalue weighted by Gasteiger charge is 2.30. The Morgan fingerprint density at radius 3 is 2.13 bits per heavy atom. The van der Waals surface area contributed by atoms with E-state index in [4.69, 9.17) is 15.2 Å². The third-order valence-electron chi connectivity index (χ3n) is 6.34. The summed E-state index contributed by atoms with van der Waals surface area (Å²) in [5.41, 5.74) is 10.8. The molecule has 0 saturated carbocycles. The maximum Gasteiger partial charge on any atom is 0.407 e. The number of nitrogens with two attached hydrogens (primary N) is 1. The smallest absolute Gasteiger partial charge is 0.407 e. The summed E-state index contributed by atoms with van der Waals surface area (Å²) in [5.74, 6) is -1.93. The minimum absolute atomic E-state index is 0.0194. The predicted octanol–water partition coefficient (Wildman–Crippen LogP) is 4.56. The third kappa shape index (κ3) is 6.20. The molecule has 3 aromatic carbocycles. The van der Waals surface area contributed by atoms with Crippen molar-refractivity contribution in [3.05, 3.63) is 95.1 Å². The van der Waals surface area contributed by atoms with Gasteiger partial charge < -0.3 is 25.6 Å². The van der Waals surface area contributed by atoms with Crippen LogP contribution in [-0.2, 0) is 25.5 Å². The highest BCUT2D eigenvalue weighted by atomic mass is 16.6. The maximum atomic E-state index is 12.6. The van der Waals surface area contributed by atoms with Crippen LogP contribution in [0.15, 0.2) is 72.8 Å². The van der Waals surface area contributed by atoms with E-state index in [1.54, 1.807) is 45.0 Å². The molecule has 0 fully saturated rings. The number of carbonyl (C=O) groups is 3. The molecule has 4 rings (SSSR count). The third-order valence-corrected chi connectivity index (χ3v) is 6.34. The number of carboxylic acid groups (broad SMARTS) is 1. The number of carboxylic acids is 1. The van der Waals surface area contributed by atoms with Crippen molar-refractivity contribution in [1.29, 1.82) is 0 Å². The second kappa shape index (κ2) is 11.1. The molecule has 3 aromatic rings. The molecule has 0 spiro atoms. The molecule has 4 N–H and O–H groups in total. The van der Waals surface area contributed by atoms with E-state index in [9.17, 15) is 19.5 Å². The van der Waals surface area contributed by atoms with E-state index >= 15 is 0 Å². The Morgan fingerprint density at radius 2 is 1.55 bits per heavy atom. The number of hydrogen-bond acceptors (Lipinski definition) is 6. The fraction of sp³-hybridized carbons (Fsp3) is 0.300. The Kier molecular flexibility index (Phi) is 7.83. The molecular formula is C30H32N2O6. The Bertz CT molecular complexity index is 1300. The number of amides is 1. The molecule has 38 heavy (non-hydrogen) atoms. The zero-order chi connectivity index (χ0) is 27.4. The molecule has 0 heterocycles. The quantitative estimate of drug-likeness (QED) is 0.374. The molecule has 198 valence electrons. The van der Waals surface area contributed by atoms with Crippen molar-refractivity contribution < 1.29 is 29.0 Å². The number of rotatable bonds is 8. The number of hydrogen-bond donors (Lipinski definition) is 3. The first-order valence-corrected chi connectivity index (χ1v) is 12.4. The van der Waals surface area contributed by atoms with Gasteiger partial charge >= 0.3 is 18.0 Å². The fourth-order valence-corrected chi connectivity index (χ4v) is 4.63. The first kappa shape index (κ1) is 26.9. The van der Waals surface area contributed by atoms with Gasteiger partial charge in [-0.1, -0.05) is 72.8 Å². The number of benzene rings is 3. The average Bonchev–Trinajstić information content (AvgIpc) is 3.19. The first-order chi connectivity index (χ1) is 18.0. The SMILES string of the molecule is CC(C)(C)OC(=O)C(N)c1cccc(CC(NC(=O)OCC2c3ccccc3-c3ccccc32)C(=O)O)c1. The van der Waals surface area contributed by atoms with E-state index in [1.165, 1.54) is 0 Å². The summed E-state index contributed by atoms with van der Waals surface area (Å²) >= 11 is 0. The van der Waals surface area contributed by atoms with E-state index in [0.29, 0.717) is 11.1 Å². The Balaban J connectivity index is 1.40. The fourth-order valence-electron chi connectivity index (χ4n) is 4.63. The van der Waals surface area contributed by atoms with Crippen LogP contribution in [0.2, 0.25) is 0 Å². The van der Waals surface area contributed by atoms with Crippen molar-refractivity contribution in [2.75, 3.05) is 6.61 Å². The Hall–Kier alpha value is -4.17. The van der Waals surface area contributed by atoms with Crippen LogP contribution < -0.4 is 11.1 Å². The Labute approximate surface area is 221 Å². The lowest BCUT2D eigenvalue weighted by molar-refractivity contribution is -0.156. The van der Waals surface area contributed by atoms with Gasteiger partial charge in [-0.25, -0.2) is 14.4 Å². The van der Waals surface area contributed by atoms with Gasteiger partial charge in [-0.2, -0.15) is 0 Å². The van der Waals surface area contributed by atoms with Gasteiger partial charge in [-0.3, -0.25) is 0 Å². The van der Waals surface area contributed by atoms with Crippen LogP contribution in [0, 0.1) is 0 Å². The van der Waals surface area contributed by atoms with Crippen molar-refractivity contribution >= 4 is 18.0 Å². The van der Waals surface area contributed by atoms with Gasteiger partial charge in [0.1, 0.15) is 24.3 Å². The van der Waals surface area contributed by atoms with Crippen LogP contribution in [-0.4, -0.2) is 41.4 Å². The van der Waals surface area contributed by atoms with E-state index in [-0.39, 0.29) is 18.9 Å². The van der Waals surface area contributed by atoms with Crippen molar-refractivity contribution in [2.45, 2.75) is 50.8 Å². The lowest BCUT2D eigenvalue weighted by Gasteiger charge is -2.22. The minimum atomic E-state index is -1.24. The molecule has 0 saturated heterocycles.